The van der Waals surface area contributed by atoms with E-state index >= 15 is 0 Å². The topological polar surface area (TPSA) is 55.4 Å². The second-order valence-electron chi connectivity index (χ2n) is 16.0. The Morgan fingerprint density at radius 3 is 0.830 bits per heavy atom. The van der Waals surface area contributed by atoms with Crippen molar-refractivity contribution in [3.8, 4) is 0 Å². The third-order valence-corrected chi connectivity index (χ3v) is 10.8. The van der Waals surface area contributed by atoms with Gasteiger partial charge < -0.3 is 28.4 Å². The first kappa shape index (κ1) is 52.8. The first-order valence-corrected chi connectivity index (χ1v) is 23.7. The van der Waals surface area contributed by atoms with Gasteiger partial charge in [0.25, 0.3) is 0 Å². The fourth-order valence-electron chi connectivity index (χ4n) is 7.03. The zero-order valence-electron chi connectivity index (χ0n) is 37.0. The van der Waals surface area contributed by atoms with Crippen molar-refractivity contribution in [3.05, 3.63) is 0 Å². The molecule has 0 aliphatic rings. The molecule has 0 N–H and O–H groups in total. The Balaban J connectivity index is 6.46. The van der Waals surface area contributed by atoms with E-state index in [0.29, 0.717) is 26.4 Å². The minimum absolute atomic E-state index is 0.200. The summed E-state index contributed by atoms with van der Waals surface area (Å²) >= 11 is 0. The maximum absolute atomic E-state index is 7.02. The summed E-state index contributed by atoms with van der Waals surface area (Å²) in [7, 11) is 0. The SMILES string of the molecule is CCCCCCCOCC(OCCCCCCC)C(COCCCCCC)(COCCCCCC)C(COCCCCCCC)OCCCCCCC. The van der Waals surface area contributed by atoms with Gasteiger partial charge in [-0.15, -0.1) is 0 Å². The van der Waals surface area contributed by atoms with Gasteiger partial charge in [0, 0.05) is 39.6 Å². The summed E-state index contributed by atoms with van der Waals surface area (Å²) in [5.74, 6) is 0. The van der Waals surface area contributed by atoms with Crippen LogP contribution in [-0.4, -0.2) is 78.3 Å². The number of ether oxygens (including phenoxy) is 6. The Kier molecular flexibility index (Phi) is 42.7. The van der Waals surface area contributed by atoms with Gasteiger partial charge in [0.2, 0.25) is 0 Å². The Morgan fingerprint density at radius 1 is 0.283 bits per heavy atom. The molecule has 2 unspecified atom stereocenters. The van der Waals surface area contributed by atoms with Gasteiger partial charge in [-0.3, -0.25) is 0 Å². The molecule has 0 rings (SSSR count). The van der Waals surface area contributed by atoms with Crippen molar-refractivity contribution in [2.24, 2.45) is 5.41 Å². The Bertz CT molecular complexity index is 619. The molecule has 0 aromatic heterocycles. The summed E-state index contributed by atoms with van der Waals surface area (Å²) in [5.41, 5.74) is -0.535. The zero-order chi connectivity index (χ0) is 38.8. The van der Waals surface area contributed by atoms with Crippen molar-refractivity contribution in [1.29, 1.82) is 0 Å². The average Bonchev–Trinajstić information content (AvgIpc) is 3.17. The lowest BCUT2D eigenvalue weighted by molar-refractivity contribution is -0.207. The third-order valence-electron chi connectivity index (χ3n) is 10.8. The molecule has 0 saturated carbocycles. The molecule has 0 aliphatic carbocycles. The van der Waals surface area contributed by atoms with E-state index in [1.54, 1.807) is 0 Å². The van der Waals surface area contributed by atoms with Crippen LogP contribution in [0.15, 0.2) is 0 Å². The Morgan fingerprint density at radius 2 is 0.528 bits per heavy atom. The number of hydrogen-bond donors (Lipinski definition) is 0. The molecule has 0 heterocycles. The van der Waals surface area contributed by atoms with Gasteiger partial charge in [-0.25, -0.2) is 0 Å². The summed E-state index contributed by atoms with van der Waals surface area (Å²) in [5, 5.41) is 0. The standard InChI is InChI=1S/C47H96O6/c1-7-13-19-25-31-35-48-41-45(52-39-33-27-21-15-9-3)47(43-50-37-29-23-17-11-5,44-51-38-30-24-18-12-6)46(53-40-34-28-22-16-10-4)42-49-36-32-26-20-14-8-2/h45-46H,7-44H2,1-6H3. The van der Waals surface area contributed by atoms with Crippen LogP contribution in [0.1, 0.15) is 221 Å². The van der Waals surface area contributed by atoms with Crippen LogP contribution >= 0.6 is 0 Å². The summed E-state index contributed by atoms with van der Waals surface area (Å²) in [6, 6.07) is 0. The molecule has 53 heavy (non-hydrogen) atoms. The van der Waals surface area contributed by atoms with Gasteiger partial charge in [-0.2, -0.15) is 0 Å². The van der Waals surface area contributed by atoms with Crippen LogP contribution in [0.5, 0.6) is 0 Å². The second kappa shape index (κ2) is 42.9. The molecule has 0 saturated heterocycles. The van der Waals surface area contributed by atoms with Gasteiger partial charge in [0.1, 0.15) is 0 Å². The van der Waals surface area contributed by atoms with Crippen LogP contribution < -0.4 is 0 Å². The van der Waals surface area contributed by atoms with E-state index in [0.717, 1.165) is 78.2 Å². The molecule has 0 aromatic carbocycles. The van der Waals surface area contributed by atoms with Crippen LogP contribution in [-0.2, 0) is 28.4 Å². The van der Waals surface area contributed by atoms with Crippen molar-refractivity contribution in [3.63, 3.8) is 0 Å². The molecular weight excluding hydrogens is 661 g/mol. The van der Waals surface area contributed by atoms with E-state index in [9.17, 15) is 0 Å². The molecule has 6 heteroatoms. The maximum atomic E-state index is 7.02. The molecule has 6 nitrogen and oxygen atoms in total. The highest BCUT2D eigenvalue weighted by Gasteiger charge is 2.48. The highest BCUT2D eigenvalue weighted by molar-refractivity contribution is 4.96. The van der Waals surface area contributed by atoms with Crippen molar-refractivity contribution < 1.29 is 28.4 Å². The first-order valence-electron chi connectivity index (χ1n) is 23.7. The van der Waals surface area contributed by atoms with Gasteiger partial charge >= 0.3 is 0 Å². The van der Waals surface area contributed by atoms with Gasteiger partial charge in [-0.1, -0.05) is 183 Å². The lowest BCUT2D eigenvalue weighted by atomic mass is 9.77. The fraction of sp³-hybridized carbons (Fsp3) is 1.00. The highest BCUT2D eigenvalue weighted by Crippen LogP contribution is 2.35. The average molecular weight is 757 g/mol. The van der Waals surface area contributed by atoms with E-state index in [1.165, 1.54) is 141 Å². The number of unbranched alkanes of at least 4 members (excludes halogenated alkanes) is 22. The molecule has 0 radical (unpaired) electrons. The minimum atomic E-state index is -0.535. The van der Waals surface area contributed by atoms with Crippen molar-refractivity contribution >= 4 is 0 Å². The largest absolute Gasteiger partial charge is 0.381 e. The van der Waals surface area contributed by atoms with Crippen molar-refractivity contribution in [2.75, 3.05) is 66.1 Å². The van der Waals surface area contributed by atoms with E-state index in [4.69, 9.17) is 28.4 Å². The molecule has 0 aromatic rings. The number of hydrogen-bond acceptors (Lipinski definition) is 6. The second-order valence-corrected chi connectivity index (χ2v) is 16.0. The maximum Gasteiger partial charge on any atom is 0.0934 e. The lowest BCUT2D eigenvalue weighted by Gasteiger charge is -2.45. The molecule has 320 valence electrons. The van der Waals surface area contributed by atoms with Crippen LogP contribution in [0.4, 0.5) is 0 Å². The predicted octanol–water partition coefficient (Wildman–Crippen LogP) is 13.9. The number of rotatable bonds is 46. The van der Waals surface area contributed by atoms with Crippen LogP contribution in [0.25, 0.3) is 0 Å². The Labute approximate surface area is 332 Å². The lowest BCUT2D eigenvalue weighted by Crippen LogP contribution is -2.57. The third kappa shape index (κ3) is 31.5. The van der Waals surface area contributed by atoms with Crippen molar-refractivity contribution in [1.82, 2.24) is 0 Å². The zero-order valence-corrected chi connectivity index (χ0v) is 37.0. The summed E-state index contributed by atoms with van der Waals surface area (Å²) in [6.07, 6.45) is 33.6. The van der Waals surface area contributed by atoms with E-state index in [1.807, 2.05) is 0 Å². The monoisotopic (exact) mass is 757 g/mol. The summed E-state index contributed by atoms with van der Waals surface area (Å²) < 4.78 is 40.6. The first-order chi connectivity index (χ1) is 26.2. The molecule has 0 bridgehead atoms. The van der Waals surface area contributed by atoms with Crippen LogP contribution in [0, 0.1) is 5.41 Å². The van der Waals surface area contributed by atoms with Gasteiger partial charge in [0.05, 0.1) is 44.1 Å². The molecule has 0 spiro atoms. The van der Waals surface area contributed by atoms with E-state index in [-0.39, 0.29) is 12.2 Å². The van der Waals surface area contributed by atoms with E-state index < -0.39 is 5.41 Å². The highest BCUT2D eigenvalue weighted by atomic mass is 16.6. The quantitative estimate of drug-likeness (QED) is 0.0577. The van der Waals surface area contributed by atoms with Gasteiger partial charge in [0.15, 0.2) is 0 Å². The van der Waals surface area contributed by atoms with Crippen LogP contribution in [0.2, 0.25) is 0 Å². The molecular formula is C47H96O6. The predicted molar refractivity (Wildman–Crippen MR) is 229 cm³/mol. The molecule has 0 aliphatic heterocycles. The van der Waals surface area contributed by atoms with E-state index in [2.05, 4.69) is 41.5 Å². The Hall–Kier alpha value is -0.240. The summed E-state index contributed by atoms with van der Waals surface area (Å²) in [4.78, 5) is 0. The summed E-state index contributed by atoms with van der Waals surface area (Å²) in [6.45, 7) is 20.3. The molecule has 0 fully saturated rings. The fourth-order valence-corrected chi connectivity index (χ4v) is 7.03. The smallest absolute Gasteiger partial charge is 0.0934 e. The molecule has 2 atom stereocenters. The minimum Gasteiger partial charge on any atom is -0.381 e. The van der Waals surface area contributed by atoms with Gasteiger partial charge in [-0.05, 0) is 38.5 Å². The van der Waals surface area contributed by atoms with Crippen LogP contribution in [0.3, 0.4) is 0 Å². The molecule has 0 amide bonds. The normalized spacial score (nSPS) is 13.2. The van der Waals surface area contributed by atoms with Crippen molar-refractivity contribution in [2.45, 2.75) is 234 Å².